The standard InChI is InChI=1S/C16H26N2O2/c1-13-3-4-15(11-14(13)2)16(20)12-18-7-5-17(6-8-18)9-10-19/h3-4,11,16,19-20H,5-10,12H2,1-2H3. The van der Waals surface area contributed by atoms with Gasteiger partial charge in [-0.25, -0.2) is 0 Å². The summed E-state index contributed by atoms with van der Waals surface area (Å²) in [5.74, 6) is 0. The second kappa shape index (κ2) is 7.18. The zero-order valence-electron chi connectivity index (χ0n) is 12.5. The van der Waals surface area contributed by atoms with Crippen LogP contribution in [0.15, 0.2) is 18.2 Å². The van der Waals surface area contributed by atoms with Gasteiger partial charge in [-0.3, -0.25) is 9.80 Å². The summed E-state index contributed by atoms with van der Waals surface area (Å²) < 4.78 is 0. The Hall–Kier alpha value is -0.940. The first-order chi connectivity index (χ1) is 9.60. The normalized spacial score (nSPS) is 19.2. The molecule has 1 aromatic rings. The van der Waals surface area contributed by atoms with Crippen LogP contribution in [-0.2, 0) is 0 Å². The number of piperazine rings is 1. The first-order valence-corrected chi connectivity index (χ1v) is 7.41. The van der Waals surface area contributed by atoms with Gasteiger partial charge in [0.15, 0.2) is 0 Å². The summed E-state index contributed by atoms with van der Waals surface area (Å²) in [6, 6.07) is 6.18. The van der Waals surface area contributed by atoms with E-state index in [2.05, 4.69) is 35.8 Å². The third-order valence-corrected chi connectivity index (χ3v) is 4.23. The molecule has 1 atom stereocenters. The molecule has 1 unspecified atom stereocenters. The number of aliphatic hydroxyl groups is 2. The number of nitrogens with zero attached hydrogens (tertiary/aromatic N) is 2. The molecule has 1 aromatic carbocycles. The molecule has 0 amide bonds. The Labute approximate surface area is 121 Å². The van der Waals surface area contributed by atoms with E-state index in [1.54, 1.807) is 0 Å². The second-order valence-corrected chi connectivity index (χ2v) is 5.73. The Bertz CT molecular complexity index is 428. The summed E-state index contributed by atoms with van der Waals surface area (Å²) in [6.45, 7) is 9.71. The van der Waals surface area contributed by atoms with E-state index in [9.17, 15) is 5.11 Å². The van der Waals surface area contributed by atoms with Crippen molar-refractivity contribution in [3.63, 3.8) is 0 Å². The van der Waals surface area contributed by atoms with Crippen LogP contribution >= 0.6 is 0 Å². The Morgan fingerprint density at radius 3 is 2.30 bits per heavy atom. The summed E-state index contributed by atoms with van der Waals surface area (Å²) in [4.78, 5) is 4.56. The lowest BCUT2D eigenvalue weighted by atomic mass is 10.0. The third kappa shape index (κ3) is 4.03. The van der Waals surface area contributed by atoms with Crippen LogP contribution in [0.4, 0.5) is 0 Å². The van der Waals surface area contributed by atoms with Gasteiger partial charge in [0, 0.05) is 39.3 Å². The molecule has 0 bridgehead atoms. The molecule has 1 aliphatic rings. The van der Waals surface area contributed by atoms with Crippen molar-refractivity contribution >= 4 is 0 Å². The van der Waals surface area contributed by atoms with Crippen molar-refractivity contribution in [1.29, 1.82) is 0 Å². The van der Waals surface area contributed by atoms with Crippen LogP contribution in [0.5, 0.6) is 0 Å². The molecule has 4 heteroatoms. The van der Waals surface area contributed by atoms with Gasteiger partial charge in [-0.05, 0) is 30.5 Å². The van der Waals surface area contributed by atoms with Crippen LogP contribution in [0.1, 0.15) is 22.8 Å². The molecule has 4 nitrogen and oxygen atoms in total. The van der Waals surface area contributed by atoms with Gasteiger partial charge in [0.05, 0.1) is 12.7 Å². The van der Waals surface area contributed by atoms with E-state index in [0.29, 0.717) is 6.54 Å². The first-order valence-electron chi connectivity index (χ1n) is 7.41. The minimum atomic E-state index is -0.418. The molecule has 1 aliphatic heterocycles. The van der Waals surface area contributed by atoms with E-state index in [1.165, 1.54) is 11.1 Å². The number of benzene rings is 1. The van der Waals surface area contributed by atoms with Crippen LogP contribution < -0.4 is 0 Å². The van der Waals surface area contributed by atoms with E-state index in [-0.39, 0.29) is 6.61 Å². The highest BCUT2D eigenvalue weighted by molar-refractivity contribution is 5.31. The van der Waals surface area contributed by atoms with Gasteiger partial charge < -0.3 is 10.2 Å². The lowest BCUT2D eigenvalue weighted by molar-refractivity contribution is 0.0661. The SMILES string of the molecule is Cc1ccc(C(O)CN2CCN(CCO)CC2)cc1C. The van der Waals surface area contributed by atoms with Crippen molar-refractivity contribution in [2.24, 2.45) is 0 Å². The molecular weight excluding hydrogens is 252 g/mol. The van der Waals surface area contributed by atoms with Gasteiger partial charge in [0.2, 0.25) is 0 Å². The molecule has 112 valence electrons. The highest BCUT2D eigenvalue weighted by Gasteiger charge is 2.19. The van der Waals surface area contributed by atoms with Crippen molar-refractivity contribution < 1.29 is 10.2 Å². The van der Waals surface area contributed by atoms with E-state index >= 15 is 0 Å². The zero-order chi connectivity index (χ0) is 14.5. The van der Waals surface area contributed by atoms with Crippen molar-refractivity contribution in [2.45, 2.75) is 20.0 Å². The van der Waals surface area contributed by atoms with Crippen LogP contribution in [0.25, 0.3) is 0 Å². The Balaban J connectivity index is 1.85. The maximum Gasteiger partial charge on any atom is 0.0917 e. The molecule has 0 saturated carbocycles. The van der Waals surface area contributed by atoms with Gasteiger partial charge in [-0.2, -0.15) is 0 Å². The molecule has 1 saturated heterocycles. The maximum absolute atomic E-state index is 10.4. The van der Waals surface area contributed by atoms with Crippen molar-refractivity contribution in [2.75, 3.05) is 45.9 Å². The summed E-state index contributed by atoms with van der Waals surface area (Å²) in [5, 5.41) is 19.3. The third-order valence-electron chi connectivity index (χ3n) is 4.23. The van der Waals surface area contributed by atoms with Gasteiger partial charge >= 0.3 is 0 Å². The fraction of sp³-hybridized carbons (Fsp3) is 0.625. The largest absolute Gasteiger partial charge is 0.395 e. The monoisotopic (exact) mass is 278 g/mol. The molecule has 0 spiro atoms. The van der Waals surface area contributed by atoms with Crippen LogP contribution in [0.2, 0.25) is 0 Å². The molecular formula is C16H26N2O2. The van der Waals surface area contributed by atoms with E-state index in [0.717, 1.165) is 38.3 Å². The topological polar surface area (TPSA) is 46.9 Å². The second-order valence-electron chi connectivity index (χ2n) is 5.73. The van der Waals surface area contributed by atoms with Crippen molar-refractivity contribution in [3.05, 3.63) is 34.9 Å². The van der Waals surface area contributed by atoms with E-state index < -0.39 is 6.10 Å². The predicted molar refractivity (Wildman–Crippen MR) is 80.8 cm³/mol. The van der Waals surface area contributed by atoms with Gasteiger partial charge in [-0.1, -0.05) is 18.2 Å². The fourth-order valence-corrected chi connectivity index (χ4v) is 2.66. The smallest absolute Gasteiger partial charge is 0.0917 e. The number of aryl methyl sites for hydroxylation is 2. The highest BCUT2D eigenvalue weighted by atomic mass is 16.3. The molecule has 1 fully saturated rings. The predicted octanol–water partition coefficient (Wildman–Crippen LogP) is 0.947. The van der Waals surface area contributed by atoms with Gasteiger partial charge in [-0.15, -0.1) is 0 Å². The van der Waals surface area contributed by atoms with Crippen molar-refractivity contribution in [1.82, 2.24) is 9.80 Å². The average molecular weight is 278 g/mol. The molecule has 0 aromatic heterocycles. The number of hydrogen-bond acceptors (Lipinski definition) is 4. The molecule has 2 rings (SSSR count). The minimum absolute atomic E-state index is 0.227. The fourth-order valence-electron chi connectivity index (χ4n) is 2.66. The zero-order valence-corrected chi connectivity index (χ0v) is 12.5. The Morgan fingerprint density at radius 1 is 1.05 bits per heavy atom. The quantitative estimate of drug-likeness (QED) is 0.842. The van der Waals surface area contributed by atoms with Gasteiger partial charge in [0.25, 0.3) is 0 Å². The summed E-state index contributed by atoms with van der Waals surface area (Å²) in [5.41, 5.74) is 3.50. The lowest BCUT2D eigenvalue weighted by Gasteiger charge is -2.35. The van der Waals surface area contributed by atoms with Crippen LogP contribution in [0.3, 0.4) is 0 Å². The van der Waals surface area contributed by atoms with Gasteiger partial charge in [0.1, 0.15) is 0 Å². The molecule has 0 radical (unpaired) electrons. The maximum atomic E-state index is 10.4. The highest BCUT2D eigenvalue weighted by Crippen LogP contribution is 2.18. The first kappa shape index (κ1) is 15.4. The van der Waals surface area contributed by atoms with Crippen LogP contribution in [0, 0.1) is 13.8 Å². The van der Waals surface area contributed by atoms with E-state index in [1.807, 2.05) is 6.07 Å². The summed E-state index contributed by atoms with van der Waals surface area (Å²) in [6.07, 6.45) is -0.418. The summed E-state index contributed by atoms with van der Waals surface area (Å²) >= 11 is 0. The van der Waals surface area contributed by atoms with Crippen molar-refractivity contribution in [3.8, 4) is 0 Å². The summed E-state index contributed by atoms with van der Waals surface area (Å²) in [7, 11) is 0. The minimum Gasteiger partial charge on any atom is -0.395 e. The number of aliphatic hydroxyl groups excluding tert-OH is 2. The van der Waals surface area contributed by atoms with Crippen LogP contribution in [-0.4, -0.2) is 65.9 Å². The number of β-amino-alcohol motifs (C(OH)–C–C–N with tert-alkyl or cyclic N) is 2. The lowest BCUT2D eigenvalue weighted by Crippen LogP contribution is -2.48. The van der Waals surface area contributed by atoms with E-state index in [4.69, 9.17) is 5.11 Å². The number of rotatable bonds is 5. The molecule has 0 aliphatic carbocycles. The molecule has 20 heavy (non-hydrogen) atoms. The average Bonchev–Trinajstić information content (AvgIpc) is 2.44. The molecule has 1 heterocycles. The molecule has 2 N–H and O–H groups in total. The Kier molecular flexibility index (Phi) is 5.54. The number of hydrogen-bond donors (Lipinski definition) is 2. The Morgan fingerprint density at radius 2 is 1.70 bits per heavy atom.